The van der Waals surface area contributed by atoms with Gasteiger partial charge in [0.25, 0.3) is 0 Å². The standard InChI is InChI=1S/C23H25N3O4.C2HF3O2/c27-23(28)10-13-25-14-15-29-22(16-25)19-4-8-21(9-5-19)30-17-18-2-6-20(7-3-18)26-12-1-11-24-26;3-2(4,5)1(6)7/h1-9,11-12,22H,10,13-17H2,(H,27,28);(H,6,7). The van der Waals surface area contributed by atoms with Crippen molar-refractivity contribution in [2.45, 2.75) is 25.3 Å². The third kappa shape index (κ3) is 8.92. The first kappa shape index (κ1) is 27.7. The maximum absolute atomic E-state index is 10.8. The van der Waals surface area contributed by atoms with Gasteiger partial charge in [0.15, 0.2) is 0 Å². The second-order valence-electron chi connectivity index (χ2n) is 8.08. The summed E-state index contributed by atoms with van der Waals surface area (Å²) in [6, 6.07) is 17.9. The number of alkyl halides is 3. The lowest BCUT2D eigenvalue weighted by atomic mass is 10.1. The van der Waals surface area contributed by atoms with Crippen molar-refractivity contribution >= 4 is 11.9 Å². The van der Waals surface area contributed by atoms with Crippen LogP contribution < -0.4 is 4.74 Å². The highest BCUT2D eigenvalue weighted by Gasteiger charge is 2.38. The van der Waals surface area contributed by atoms with Crippen LogP contribution in [-0.2, 0) is 20.9 Å². The van der Waals surface area contributed by atoms with Crippen molar-refractivity contribution in [3.63, 3.8) is 0 Å². The normalized spacial score (nSPS) is 15.9. The number of rotatable bonds is 8. The van der Waals surface area contributed by atoms with Crippen molar-refractivity contribution in [3.8, 4) is 11.4 Å². The van der Waals surface area contributed by atoms with Crippen LogP contribution in [0.2, 0.25) is 0 Å². The largest absolute Gasteiger partial charge is 0.490 e. The lowest BCUT2D eigenvalue weighted by Crippen LogP contribution is -2.39. The molecule has 1 aliphatic heterocycles. The summed E-state index contributed by atoms with van der Waals surface area (Å²) in [5.74, 6) is -2.73. The number of hydrogen-bond donors (Lipinski definition) is 2. The Balaban J connectivity index is 0.000000479. The Hall–Kier alpha value is -3.90. The van der Waals surface area contributed by atoms with E-state index < -0.39 is 18.1 Å². The Kier molecular flexibility index (Phi) is 9.64. The Morgan fingerprint density at radius 2 is 1.76 bits per heavy atom. The summed E-state index contributed by atoms with van der Waals surface area (Å²) in [7, 11) is 0. The Labute approximate surface area is 210 Å². The predicted molar refractivity (Wildman–Crippen MR) is 125 cm³/mol. The number of carbonyl (C=O) groups is 2. The molecule has 1 atom stereocenters. The van der Waals surface area contributed by atoms with Crippen LogP contribution in [0.25, 0.3) is 5.69 Å². The van der Waals surface area contributed by atoms with E-state index in [1.54, 1.807) is 6.20 Å². The van der Waals surface area contributed by atoms with E-state index in [0.717, 1.165) is 29.1 Å². The molecular formula is C25H26F3N3O6. The first-order valence-corrected chi connectivity index (χ1v) is 11.3. The van der Waals surface area contributed by atoms with Crippen LogP contribution in [0, 0.1) is 0 Å². The van der Waals surface area contributed by atoms with Gasteiger partial charge in [0.05, 0.1) is 24.8 Å². The SMILES string of the molecule is O=C(O)C(F)(F)F.O=C(O)CCN1CCOC(c2ccc(OCc3ccc(-n4cccn4)cc3)cc2)C1. The highest BCUT2D eigenvalue weighted by molar-refractivity contribution is 5.73. The molecule has 0 aliphatic carbocycles. The van der Waals surface area contributed by atoms with Crippen LogP contribution in [0.3, 0.4) is 0 Å². The van der Waals surface area contributed by atoms with E-state index >= 15 is 0 Å². The van der Waals surface area contributed by atoms with Crippen molar-refractivity contribution in [1.29, 1.82) is 0 Å². The Morgan fingerprint density at radius 3 is 2.32 bits per heavy atom. The molecule has 1 fully saturated rings. The van der Waals surface area contributed by atoms with Crippen LogP contribution in [0.15, 0.2) is 67.0 Å². The number of ether oxygens (including phenoxy) is 2. The van der Waals surface area contributed by atoms with Gasteiger partial charge in [0.2, 0.25) is 0 Å². The third-order valence-electron chi connectivity index (χ3n) is 5.40. The molecule has 3 aromatic rings. The number of benzene rings is 2. The summed E-state index contributed by atoms with van der Waals surface area (Å²) >= 11 is 0. The first-order chi connectivity index (χ1) is 17.6. The summed E-state index contributed by atoms with van der Waals surface area (Å²) in [4.78, 5) is 21.8. The molecule has 12 heteroatoms. The van der Waals surface area contributed by atoms with E-state index in [-0.39, 0.29) is 12.5 Å². The summed E-state index contributed by atoms with van der Waals surface area (Å²) < 4.78 is 45.3. The van der Waals surface area contributed by atoms with E-state index in [0.29, 0.717) is 26.3 Å². The van der Waals surface area contributed by atoms with Crippen molar-refractivity contribution in [2.75, 3.05) is 26.2 Å². The topological polar surface area (TPSA) is 114 Å². The second-order valence-corrected chi connectivity index (χ2v) is 8.08. The van der Waals surface area contributed by atoms with Gasteiger partial charge in [0.1, 0.15) is 12.4 Å². The number of carboxylic acids is 2. The second kappa shape index (κ2) is 12.9. The van der Waals surface area contributed by atoms with Crippen molar-refractivity contribution in [2.24, 2.45) is 0 Å². The highest BCUT2D eigenvalue weighted by Crippen LogP contribution is 2.25. The van der Waals surface area contributed by atoms with Crippen LogP contribution in [0.4, 0.5) is 13.2 Å². The smallest absolute Gasteiger partial charge is 0.489 e. The number of hydrogen-bond acceptors (Lipinski definition) is 6. The quantitative estimate of drug-likeness (QED) is 0.459. The fourth-order valence-corrected chi connectivity index (χ4v) is 3.47. The van der Waals surface area contributed by atoms with Gasteiger partial charge in [0, 0.05) is 32.0 Å². The molecule has 0 amide bonds. The van der Waals surface area contributed by atoms with Crippen LogP contribution in [-0.4, -0.2) is 69.2 Å². The van der Waals surface area contributed by atoms with Gasteiger partial charge >= 0.3 is 18.1 Å². The van der Waals surface area contributed by atoms with Gasteiger partial charge < -0.3 is 19.7 Å². The minimum Gasteiger partial charge on any atom is -0.489 e. The molecule has 1 saturated heterocycles. The zero-order valence-electron chi connectivity index (χ0n) is 19.7. The molecule has 0 saturated carbocycles. The summed E-state index contributed by atoms with van der Waals surface area (Å²) in [5.41, 5.74) is 3.17. The molecule has 0 spiro atoms. The summed E-state index contributed by atoms with van der Waals surface area (Å²) in [6.07, 6.45) is -1.31. The van der Waals surface area contributed by atoms with Crippen molar-refractivity contribution in [3.05, 3.63) is 78.1 Å². The zero-order chi connectivity index (χ0) is 26.8. The number of halogens is 3. The summed E-state index contributed by atoms with van der Waals surface area (Å²) in [6.45, 7) is 3.12. The fraction of sp³-hybridized carbons (Fsp3) is 0.320. The highest BCUT2D eigenvalue weighted by atomic mass is 19.4. The average Bonchev–Trinajstić information content (AvgIpc) is 3.42. The average molecular weight is 521 g/mol. The molecule has 9 nitrogen and oxygen atoms in total. The Bertz CT molecular complexity index is 1140. The minimum atomic E-state index is -5.08. The van der Waals surface area contributed by atoms with Crippen molar-refractivity contribution in [1.82, 2.24) is 14.7 Å². The van der Waals surface area contributed by atoms with Gasteiger partial charge in [-0.3, -0.25) is 9.69 Å². The van der Waals surface area contributed by atoms with Gasteiger partial charge in [-0.15, -0.1) is 0 Å². The predicted octanol–water partition coefficient (Wildman–Crippen LogP) is 3.93. The van der Waals surface area contributed by atoms with E-state index in [1.165, 1.54) is 0 Å². The maximum Gasteiger partial charge on any atom is 0.490 e. The molecule has 37 heavy (non-hydrogen) atoms. The molecule has 4 rings (SSSR count). The van der Waals surface area contributed by atoms with Crippen LogP contribution in [0.5, 0.6) is 5.75 Å². The van der Waals surface area contributed by atoms with Crippen molar-refractivity contribution < 1.29 is 42.4 Å². The monoisotopic (exact) mass is 521 g/mol. The lowest BCUT2D eigenvalue weighted by molar-refractivity contribution is -0.192. The number of aromatic nitrogens is 2. The molecular weight excluding hydrogens is 495 g/mol. The molecule has 1 unspecified atom stereocenters. The molecule has 1 aliphatic rings. The molecule has 198 valence electrons. The van der Waals surface area contributed by atoms with Gasteiger partial charge in [-0.05, 0) is 41.5 Å². The van der Waals surface area contributed by atoms with Gasteiger partial charge in [-0.25, -0.2) is 9.48 Å². The number of aliphatic carboxylic acids is 2. The molecule has 0 radical (unpaired) electrons. The first-order valence-electron chi connectivity index (χ1n) is 11.3. The van der Waals surface area contributed by atoms with E-state index in [4.69, 9.17) is 24.5 Å². The molecule has 2 heterocycles. The fourth-order valence-electron chi connectivity index (χ4n) is 3.47. The number of carboxylic acid groups (broad SMARTS) is 2. The van der Waals surface area contributed by atoms with Crippen LogP contribution in [0.1, 0.15) is 23.7 Å². The van der Waals surface area contributed by atoms with E-state index in [2.05, 4.69) is 10.00 Å². The maximum atomic E-state index is 10.8. The van der Waals surface area contributed by atoms with Gasteiger partial charge in [-0.1, -0.05) is 24.3 Å². The molecule has 0 bridgehead atoms. The van der Waals surface area contributed by atoms with Gasteiger partial charge in [-0.2, -0.15) is 18.3 Å². The molecule has 1 aromatic heterocycles. The minimum absolute atomic E-state index is 0.0450. The summed E-state index contributed by atoms with van der Waals surface area (Å²) in [5, 5.41) is 20.2. The molecule has 2 N–H and O–H groups in total. The van der Waals surface area contributed by atoms with E-state index in [1.807, 2.05) is 65.5 Å². The number of nitrogens with zero attached hydrogens (tertiary/aromatic N) is 3. The number of morpholine rings is 1. The zero-order valence-corrected chi connectivity index (χ0v) is 19.7. The third-order valence-corrected chi connectivity index (χ3v) is 5.40. The molecule has 2 aromatic carbocycles. The van der Waals surface area contributed by atoms with Crippen LogP contribution >= 0.6 is 0 Å². The van der Waals surface area contributed by atoms with E-state index in [9.17, 15) is 18.0 Å². The lowest BCUT2D eigenvalue weighted by Gasteiger charge is -2.32. The Morgan fingerprint density at radius 1 is 1.08 bits per heavy atom.